The number of aliphatic hydroxyl groups is 1. The van der Waals surface area contributed by atoms with E-state index >= 15 is 0 Å². The summed E-state index contributed by atoms with van der Waals surface area (Å²) < 4.78 is 4.86. The van der Waals surface area contributed by atoms with Crippen molar-refractivity contribution in [1.82, 2.24) is 0 Å². The molecule has 2 rings (SSSR count). The molecule has 4 nitrogen and oxygen atoms in total. The molecule has 2 aliphatic carbocycles. The number of hydrogen-bond donors (Lipinski definition) is 1. The predicted octanol–water partition coefficient (Wildman–Crippen LogP) is 1.86. The van der Waals surface area contributed by atoms with Gasteiger partial charge in [-0.2, -0.15) is 0 Å². The zero-order valence-electron chi connectivity index (χ0n) is 11.8. The lowest BCUT2D eigenvalue weighted by atomic mass is 9.64. The summed E-state index contributed by atoms with van der Waals surface area (Å²) in [5.41, 5.74) is -1.12. The Morgan fingerprint density at radius 2 is 2.21 bits per heavy atom. The van der Waals surface area contributed by atoms with Gasteiger partial charge in [0.2, 0.25) is 0 Å². The normalized spacial score (nSPS) is 34.8. The van der Waals surface area contributed by atoms with Gasteiger partial charge >= 0.3 is 5.97 Å². The van der Waals surface area contributed by atoms with Gasteiger partial charge in [0.05, 0.1) is 18.6 Å². The molecule has 106 valence electrons. The van der Waals surface area contributed by atoms with Gasteiger partial charge in [0.25, 0.3) is 0 Å². The van der Waals surface area contributed by atoms with Crippen LogP contribution < -0.4 is 0 Å². The third-order valence-corrected chi connectivity index (χ3v) is 4.65. The van der Waals surface area contributed by atoms with E-state index in [9.17, 15) is 14.7 Å². The van der Waals surface area contributed by atoms with E-state index in [1.807, 2.05) is 12.2 Å². The van der Waals surface area contributed by atoms with Crippen LogP contribution in [-0.2, 0) is 14.3 Å². The van der Waals surface area contributed by atoms with Crippen LogP contribution in [0.25, 0.3) is 0 Å². The number of ketones is 1. The molecule has 1 saturated carbocycles. The molecule has 0 heterocycles. The van der Waals surface area contributed by atoms with Crippen LogP contribution in [0.2, 0.25) is 0 Å². The van der Waals surface area contributed by atoms with Crippen LogP contribution >= 0.6 is 0 Å². The highest BCUT2D eigenvalue weighted by Gasteiger charge is 2.50. The molecule has 0 aromatic heterocycles. The van der Waals surface area contributed by atoms with Crippen LogP contribution in [-0.4, -0.2) is 29.6 Å². The average molecular weight is 266 g/mol. The Morgan fingerprint density at radius 3 is 2.74 bits per heavy atom. The standard InChI is InChI=1S/C15H22O4/c1-14(2,18)10-4-6-15(9-10)7-5-11(16)8-12(15)13(17)19-3/h4,6,10,12,18H,5,7-9H2,1-3H3/t10-,12?,15-/m1/s1. The summed E-state index contributed by atoms with van der Waals surface area (Å²) in [6.07, 6.45) is 6.18. The Labute approximate surface area is 113 Å². The molecule has 0 saturated heterocycles. The minimum absolute atomic E-state index is 0.0212. The molecule has 3 atom stereocenters. The van der Waals surface area contributed by atoms with E-state index in [4.69, 9.17) is 4.74 Å². The highest BCUT2D eigenvalue weighted by Crippen LogP contribution is 2.52. The van der Waals surface area contributed by atoms with Crippen molar-refractivity contribution >= 4 is 11.8 Å². The van der Waals surface area contributed by atoms with Crippen LogP contribution in [0, 0.1) is 17.3 Å². The van der Waals surface area contributed by atoms with Crippen LogP contribution in [0.4, 0.5) is 0 Å². The van der Waals surface area contributed by atoms with E-state index in [0.717, 1.165) is 0 Å². The first-order chi connectivity index (χ1) is 8.78. The molecule has 19 heavy (non-hydrogen) atoms. The first-order valence-electron chi connectivity index (χ1n) is 6.80. The van der Waals surface area contributed by atoms with Gasteiger partial charge in [0, 0.05) is 24.2 Å². The van der Waals surface area contributed by atoms with Crippen molar-refractivity contribution in [2.75, 3.05) is 7.11 Å². The van der Waals surface area contributed by atoms with E-state index in [-0.39, 0.29) is 29.5 Å². The second kappa shape index (κ2) is 4.75. The summed E-state index contributed by atoms with van der Waals surface area (Å²) in [6, 6.07) is 0. The molecule has 1 spiro atoms. The fraction of sp³-hybridized carbons (Fsp3) is 0.733. The number of carbonyl (C=O) groups excluding carboxylic acids is 2. The summed E-state index contributed by atoms with van der Waals surface area (Å²) in [7, 11) is 1.36. The molecule has 0 amide bonds. The Morgan fingerprint density at radius 1 is 1.53 bits per heavy atom. The minimum Gasteiger partial charge on any atom is -0.469 e. The monoisotopic (exact) mass is 266 g/mol. The van der Waals surface area contributed by atoms with Gasteiger partial charge in [-0.25, -0.2) is 0 Å². The van der Waals surface area contributed by atoms with E-state index in [0.29, 0.717) is 19.3 Å². The number of carbonyl (C=O) groups is 2. The highest BCUT2D eigenvalue weighted by molar-refractivity contribution is 5.86. The first-order valence-corrected chi connectivity index (χ1v) is 6.80. The largest absolute Gasteiger partial charge is 0.469 e. The van der Waals surface area contributed by atoms with E-state index in [1.165, 1.54) is 7.11 Å². The van der Waals surface area contributed by atoms with Gasteiger partial charge in [-0.1, -0.05) is 12.2 Å². The van der Waals surface area contributed by atoms with Crippen LogP contribution in [0.15, 0.2) is 12.2 Å². The molecule has 0 aliphatic heterocycles. The maximum atomic E-state index is 12.0. The number of allylic oxidation sites excluding steroid dienone is 1. The zero-order chi connectivity index (χ0) is 14.3. The topological polar surface area (TPSA) is 63.6 Å². The van der Waals surface area contributed by atoms with Crippen molar-refractivity contribution in [1.29, 1.82) is 0 Å². The van der Waals surface area contributed by atoms with E-state index in [2.05, 4.69) is 0 Å². The summed E-state index contributed by atoms with van der Waals surface area (Å²) in [5, 5.41) is 10.1. The zero-order valence-corrected chi connectivity index (χ0v) is 11.8. The lowest BCUT2D eigenvalue weighted by molar-refractivity contribution is -0.154. The van der Waals surface area contributed by atoms with Crippen molar-refractivity contribution < 1.29 is 19.4 Å². The van der Waals surface area contributed by atoms with E-state index < -0.39 is 11.5 Å². The van der Waals surface area contributed by atoms with Gasteiger partial charge in [-0.15, -0.1) is 0 Å². The average Bonchev–Trinajstić information content (AvgIpc) is 2.77. The number of esters is 1. The van der Waals surface area contributed by atoms with Crippen molar-refractivity contribution in [2.45, 2.75) is 45.1 Å². The van der Waals surface area contributed by atoms with E-state index in [1.54, 1.807) is 13.8 Å². The molecule has 1 unspecified atom stereocenters. The number of hydrogen-bond acceptors (Lipinski definition) is 4. The molecule has 0 aromatic rings. The molecule has 1 N–H and O–H groups in total. The van der Waals surface area contributed by atoms with Gasteiger partial charge in [0.1, 0.15) is 5.78 Å². The molecule has 4 heteroatoms. The molecule has 2 aliphatic rings. The number of rotatable bonds is 2. The SMILES string of the molecule is COC(=O)C1CC(=O)CC[C@@]12C=C[C@@H](C(C)(C)O)C2. The third kappa shape index (κ3) is 2.59. The quantitative estimate of drug-likeness (QED) is 0.612. The molecular weight excluding hydrogens is 244 g/mol. The molecule has 0 radical (unpaired) electrons. The Bertz CT molecular complexity index is 418. The smallest absolute Gasteiger partial charge is 0.309 e. The Kier molecular flexibility index (Phi) is 3.56. The Hall–Kier alpha value is -1.16. The van der Waals surface area contributed by atoms with Crippen LogP contribution in [0.3, 0.4) is 0 Å². The molecule has 0 aromatic carbocycles. The third-order valence-electron chi connectivity index (χ3n) is 4.65. The van der Waals surface area contributed by atoms with Crippen molar-refractivity contribution in [2.24, 2.45) is 17.3 Å². The molecular formula is C15H22O4. The number of ether oxygens (including phenoxy) is 1. The second-order valence-corrected chi connectivity index (χ2v) is 6.38. The second-order valence-electron chi connectivity index (χ2n) is 6.38. The summed E-state index contributed by atoms with van der Waals surface area (Å²) >= 11 is 0. The fourth-order valence-electron chi connectivity index (χ4n) is 3.32. The van der Waals surface area contributed by atoms with Gasteiger partial charge < -0.3 is 9.84 Å². The molecule has 0 bridgehead atoms. The molecule has 1 fully saturated rings. The van der Waals surface area contributed by atoms with Crippen molar-refractivity contribution in [3.63, 3.8) is 0 Å². The van der Waals surface area contributed by atoms with Gasteiger partial charge in [-0.3, -0.25) is 9.59 Å². The highest BCUT2D eigenvalue weighted by atomic mass is 16.5. The lowest BCUT2D eigenvalue weighted by Gasteiger charge is -2.39. The maximum absolute atomic E-state index is 12.0. The van der Waals surface area contributed by atoms with Crippen LogP contribution in [0.5, 0.6) is 0 Å². The van der Waals surface area contributed by atoms with Gasteiger partial charge in [0.15, 0.2) is 0 Å². The predicted molar refractivity (Wildman–Crippen MR) is 70.3 cm³/mol. The summed E-state index contributed by atoms with van der Waals surface area (Å²) in [5.74, 6) is -0.564. The van der Waals surface area contributed by atoms with Crippen molar-refractivity contribution in [3.8, 4) is 0 Å². The summed E-state index contributed by atoms with van der Waals surface area (Å²) in [6.45, 7) is 3.56. The lowest BCUT2D eigenvalue weighted by Crippen LogP contribution is -2.41. The summed E-state index contributed by atoms with van der Waals surface area (Å²) in [4.78, 5) is 23.6. The number of Topliss-reactive ketones (excluding diaryl/α,β-unsaturated/α-hetero) is 1. The maximum Gasteiger partial charge on any atom is 0.309 e. The fourth-order valence-corrected chi connectivity index (χ4v) is 3.32. The first kappa shape index (κ1) is 14.3. The van der Waals surface area contributed by atoms with Gasteiger partial charge in [-0.05, 0) is 26.7 Å². The number of methoxy groups -OCH3 is 1. The van der Waals surface area contributed by atoms with Crippen molar-refractivity contribution in [3.05, 3.63) is 12.2 Å². The Balaban J connectivity index is 2.24. The van der Waals surface area contributed by atoms with Crippen LogP contribution in [0.1, 0.15) is 39.5 Å². The minimum atomic E-state index is -0.803.